The molecule has 25 heavy (non-hydrogen) atoms. The molecule has 0 bridgehead atoms. The Morgan fingerprint density at radius 1 is 1.04 bits per heavy atom. The van der Waals surface area contributed by atoms with Crippen molar-refractivity contribution in [3.8, 4) is 5.75 Å². The van der Waals surface area contributed by atoms with Gasteiger partial charge < -0.3 is 4.74 Å². The fourth-order valence-corrected chi connectivity index (χ4v) is 3.23. The van der Waals surface area contributed by atoms with E-state index in [2.05, 4.69) is 13.8 Å². The fraction of sp³-hybridized carbons (Fsp3) is 0.200. The maximum Gasteiger partial charge on any atom is 0.298 e. The number of nitrogens with zero attached hydrogens (tertiary/aromatic N) is 1. The Balaban J connectivity index is 1.88. The molecule has 0 aliphatic carbocycles. The molecule has 4 nitrogen and oxygen atoms in total. The highest BCUT2D eigenvalue weighted by atomic mass is 32.2. The minimum atomic E-state index is -0.306. The number of carbonyl (C=O) groups is 2. The van der Waals surface area contributed by atoms with Gasteiger partial charge in [-0.2, -0.15) is 0 Å². The summed E-state index contributed by atoms with van der Waals surface area (Å²) in [6.45, 7) is 4.75. The number of hydrogen-bond donors (Lipinski definition) is 0. The molecular weight excluding hydrogens is 334 g/mol. The molecule has 2 aromatic carbocycles. The third-order valence-electron chi connectivity index (χ3n) is 3.59. The van der Waals surface area contributed by atoms with Crippen molar-refractivity contribution in [2.75, 3.05) is 11.5 Å². The van der Waals surface area contributed by atoms with Crippen LogP contribution in [0.3, 0.4) is 0 Å². The first-order valence-electron chi connectivity index (χ1n) is 8.11. The lowest BCUT2D eigenvalue weighted by Crippen LogP contribution is -2.27. The van der Waals surface area contributed by atoms with E-state index in [-0.39, 0.29) is 11.1 Å². The van der Waals surface area contributed by atoms with Gasteiger partial charge in [-0.25, -0.2) is 4.90 Å². The normalized spacial score (nSPS) is 16.1. The quantitative estimate of drug-likeness (QED) is 0.713. The number of hydrogen-bond acceptors (Lipinski definition) is 4. The maximum atomic E-state index is 12.7. The van der Waals surface area contributed by atoms with Crippen LogP contribution in [-0.2, 0) is 4.79 Å². The third-order valence-corrected chi connectivity index (χ3v) is 4.46. The second-order valence-corrected chi connectivity index (χ2v) is 7.09. The Morgan fingerprint density at radius 2 is 1.72 bits per heavy atom. The number of anilines is 1. The van der Waals surface area contributed by atoms with E-state index in [0.717, 1.165) is 17.3 Å². The highest BCUT2D eigenvalue weighted by Gasteiger charge is 2.36. The van der Waals surface area contributed by atoms with Gasteiger partial charge in [-0.15, -0.1) is 0 Å². The summed E-state index contributed by atoms with van der Waals surface area (Å²) in [7, 11) is 0. The molecule has 3 rings (SSSR count). The molecule has 0 spiro atoms. The number of benzene rings is 2. The van der Waals surface area contributed by atoms with Gasteiger partial charge in [0.05, 0.1) is 17.2 Å². The number of amides is 2. The zero-order valence-electron chi connectivity index (χ0n) is 14.1. The summed E-state index contributed by atoms with van der Waals surface area (Å²) >= 11 is 0.948. The van der Waals surface area contributed by atoms with Crippen LogP contribution in [0, 0.1) is 5.92 Å². The minimum Gasteiger partial charge on any atom is -0.493 e. The predicted molar refractivity (Wildman–Crippen MR) is 102 cm³/mol. The van der Waals surface area contributed by atoms with Crippen molar-refractivity contribution in [3.05, 3.63) is 65.1 Å². The molecule has 5 heteroatoms. The molecule has 1 fully saturated rings. The monoisotopic (exact) mass is 353 g/mol. The van der Waals surface area contributed by atoms with Crippen LogP contribution in [-0.4, -0.2) is 17.8 Å². The molecule has 1 saturated heterocycles. The smallest absolute Gasteiger partial charge is 0.298 e. The highest BCUT2D eigenvalue weighted by Crippen LogP contribution is 2.36. The molecule has 0 aromatic heterocycles. The molecule has 1 heterocycles. The van der Waals surface area contributed by atoms with Crippen molar-refractivity contribution < 1.29 is 14.3 Å². The zero-order chi connectivity index (χ0) is 17.8. The second-order valence-electron chi connectivity index (χ2n) is 6.10. The first kappa shape index (κ1) is 17.3. The Labute approximate surface area is 151 Å². The SMILES string of the molecule is CC(C)COc1ccccc1/C=C1\SC(=O)N(c2ccccc2)C1=O. The Hall–Kier alpha value is -2.53. The minimum absolute atomic E-state index is 0.289. The van der Waals surface area contributed by atoms with Crippen LogP contribution in [0.1, 0.15) is 19.4 Å². The van der Waals surface area contributed by atoms with Crippen LogP contribution in [0.15, 0.2) is 59.5 Å². The van der Waals surface area contributed by atoms with Crippen molar-refractivity contribution in [1.82, 2.24) is 0 Å². The van der Waals surface area contributed by atoms with E-state index in [0.29, 0.717) is 28.9 Å². The summed E-state index contributed by atoms with van der Waals surface area (Å²) in [5, 5.41) is -0.289. The van der Waals surface area contributed by atoms with Crippen molar-refractivity contribution in [2.24, 2.45) is 5.92 Å². The van der Waals surface area contributed by atoms with E-state index in [9.17, 15) is 9.59 Å². The zero-order valence-corrected chi connectivity index (χ0v) is 15.0. The summed E-state index contributed by atoms with van der Waals surface area (Å²) in [5.41, 5.74) is 1.37. The molecule has 2 amide bonds. The topological polar surface area (TPSA) is 46.6 Å². The first-order valence-corrected chi connectivity index (χ1v) is 8.92. The van der Waals surface area contributed by atoms with Crippen LogP contribution in [0.5, 0.6) is 5.75 Å². The van der Waals surface area contributed by atoms with Crippen LogP contribution in [0.4, 0.5) is 10.5 Å². The summed E-state index contributed by atoms with van der Waals surface area (Å²) < 4.78 is 5.82. The predicted octanol–water partition coefficient (Wildman–Crippen LogP) is 4.96. The van der Waals surface area contributed by atoms with Gasteiger partial charge >= 0.3 is 0 Å². The number of thioether (sulfide) groups is 1. The van der Waals surface area contributed by atoms with Gasteiger partial charge in [-0.05, 0) is 42.0 Å². The maximum absolute atomic E-state index is 12.7. The number of para-hydroxylation sites is 2. The Kier molecular flexibility index (Phi) is 5.24. The molecule has 0 radical (unpaired) electrons. The van der Waals surface area contributed by atoms with Crippen LogP contribution < -0.4 is 9.64 Å². The van der Waals surface area contributed by atoms with E-state index in [1.807, 2.05) is 30.3 Å². The molecule has 0 N–H and O–H groups in total. The molecular formula is C20H19NO3S. The lowest BCUT2D eigenvalue weighted by molar-refractivity contribution is -0.113. The van der Waals surface area contributed by atoms with Gasteiger partial charge in [0.25, 0.3) is 11.1 Å². The first-order chi connectivity index (χ1) is 12.1. The average Bonchev–Trinajstić information content (AvgIpc) is 2.88. The Bertz CT molecular complexity index is 815. The fourth-order valence-electron chi connectivity index (χ4n) is 2.40. The summed E-state index contributed by atoms with van der Waals surface area (Å²) in [5.74, 6) is 0.806. The van der Waals surface area contributed by atoms with Crippen LogP contribution in [0.25, 0.3) is 6.08 Å². The number of carbonyl (C=O) groups excluding carboxylic acids is 2. The van der Waals surface area contributed by atoms with Gasteiger partial charge in [0.1, 0.15) is 5.75 Å². The van der Waals surface area contributed by atoms with E-state index in [1.54, 1.807) is 30.3 Å². The van der Waals surface area contributed by atoms with Gasteiger partial charge in [0.15, 0.2) is 0 Å². The lowest BCUT2D eigenvalue weighted by atomic mass is 10.1. The van der Waals surface area contributed by atoms with E-state index in [4.69, 9.17) is 4.74 Å². The van der Waals surface area contributed by atoms with Crippen molar-refractivity contribution in [3.63, 3.8) is 0 Å². The van der Waals surface area contributed by atoms with Crippen molar-refractivity contribution in [1.29, 1.82) is 0 Å². The van der Waals surface area contributed by atoms with E-state index >= 15 is 0 Å². The molecule has 128 valence electrons. The molecule has 1 aliphatic rings. The molecule has 1 aliphatic heterocycles. The van der Waals surface area contributed by atoms with Crippen LogP contribution in [0.2, 0.25) is 0 Å². The molecule has 0 atom stereocenters. The third kappa shape index (κ3) is 3.94. The summed E-state index contributed by atoms with van der Waals surface area (Å²) in [6.07, 6.45) is 1.73. The van der Waals surface area contributed by atoms with Crippen molar-refractivity contribution >= 4 is 34.7 Å². The largest absolute Gasteiger partial charge is 0.493 e. The highest BCUT2D eigenvalue weighted by molar-refractivity contribution is 8.19. The standard InChI is InChI=1S/C20H19NO3S/c1-14(2)13-24-17-11-7-6-8-15(17)12-18-19(22)21(20(23)25-18)16-9-4-3-5-10-16/h3-12,14H,13H2,1-2H3/b18-12-. The number of ether oxygens (including phenoxy) is 1. The molecule has 0 unspecified atom stereocenters. The van der Waals surface area contributed by atoms with Gasteiger partial charge in [-0.1, -0.05) is 50.2 Å². The van der Waals surface area contributed by atoms with Crippen LogP contribution >= 0.6 is 11.8 Å². The second kappa shape index (κ2) is 7.57. The van der Waals surface area contributed by atoms with E-state index in [1.165, 1.54) is 4.90 Å². The Morgan fingerprint density at radius 3 is 2.44 bits per heavy atom. The molecule has 0 saturated carbocycles. The average molecular weight is 353 g/mol. The number of imide groups is 1. The van der Waals surface area contributed by atoms with Gasteiger partial charge in [0.2, 0.25) is 0 Å². The summed E-state index contributed by atoms with van der Waals surface area (Å²) in [4.78, 5) is 26.6. The molecule has 2 aromatic rings. The van der Waals surface area contributed by atoms with E-state index < -0.39 is 0 Å². The number of rotatable bonds is 5. The van der Waals surface area contributed by atoms with Gasteiger partial charge in [0, 0.05) is 5.56 Å². The van der Waals surface area contributed by atoms with Gasteiger partial charge in [-0.3, -0.25) is 9.59 Å². The summed E-state index contributed by atoms with van der Waals surface area (Å²) in [6, 6.07) is 16.5. The van der Waals surface area contributed by atoms with Crippen molar-refractivity contribution in [2.45, 2.75) is 13.8 Å². The lowest BCUT2D eigenvalue weighted by Gasteiger charge is -2.12.